The van der Waals surface area contributed by atoms with Gasteiger partial charge in [0.05, 0.1) is 0 Å². The van der Waals surface area contributed by atoms with E-state index in [9.17, 15) is 0 Å². The average molecular weight is 282 g/mol. The van der Waals surface area contributed by atoms with Crippen molar-refractivity contribution in [1.29, 1.82) is 0 Å². The normalized spacial score (nSPS) is 11.0. The number of aromatic nitrogens is 2. The summed E-state index contributed by atoms with van der Waals surface area (Å²) in [6.45, 7) is 9.95. The van der Waals surface area contributed by atoms with Crippen molar-refractivity contribution in [3.8, 4) is 0 Å². The number of rotatable bonds is 9. The molecule has 0 aliphatic rings. The fraction of sp³-hybridized carbons (Fsp3) is 0.714. The molecule has 0 aromatic carbocycles. The molecule has 0 saturated heterocycles. The molecule has 0 aliphatic carbocycles. The molecule has 1 rings (SSSR count). The van der Waals surface area contributed by atoms with Gasteiger partial charge >= 0.3 is 0 Å². The van der Waals surface area contributed by atoms with Gasteiger partial charge in [0.2, 0.25) is 0 Å². The average Bonchev–Trinajstić information content (AvgIpc) is 2.45. The first kappa shape index (κ1) is 16.2. The summed E-state index contributed by atoms with van der Waals surface area (Å²) >= 11 is 1.84. The van der Waals surface area contributed by atoms with Crippen molar-refractivity contribution in [2.24, 2.45) is 0 Å². The number of nitrogens with zero attached hydrogens (tertiary/aromatic N) is 3. The van der Waals surface area contributed by atoms with Gasteiger partial charge in [-0.25, -0.2) is 9.97 Å². The summed E-state index contributed by atoms with van der Waals surface area (Å²) in [6.07, 6.45) is 3.81. The molecule has 108 valence electrons. The second kappa shape index (κ2) is 9.15. The van der Waals surface area contributed by atoms with Gasteiger partial charge in [-0.2, -0.15) is 0 Å². The molecular formula is C14H26N4S. The van der Waals surface area contributed by atoms with Crippen LogP contribution in [-0.4, -0.2) is 47.3 Å². The second-order valence-electron chi connectivity index (χ2n) is 4.38. The van der Waals surface area contributed by atoms with E-state index >= 15 is 0 Å². The van der Waals surface area contributed by atoms with Gasteiger partial charge < -0.3 is 10.2 Å². The van der Waals surface area contributed by atoms with Crippen molar-refractivity contribution in [1.82, 2.24) is 14.9 Å². The monoisotopic (exact) mass is 282 g/mol. The highest BCUT2D eigenvalue weighted by Gasteiger charge is 2.10. The van der Waals surface area contributed by atoms with E-state index in [0.29, 0.717) is 0 Å². The minimum Gasteiger partial charge on any atom is -0.373 e. The Kier molecular flexibility index (Phi) is 7.82. The lowest BCUT2D eigenvalue weighted by Gasteiger charge is -2.18. The lowest BCUT2D eigenvalue weighted by molar-refractivity contribution is 0.324. The Morgan fingerprint density at radius 2 is 1.95 bits per heavy atom. The summed E-state index contributed by atoms with van der Waals surface area (Å²) in [4.78, 5) is 11.2. The fourth-order valence-corrected chi connectivity index (χ4v) is 3.06. The van der Waals surface area contributed by atoms with E-state index in [1.807, 2.05) is 18.8 Å². The van der Waals surface area contributed by atoms with Gasteiger partial charge in [-0.05, 0) is 19.5 Å². The molecule has 1 heterocycles. The number of nitrogens with one attached hydrogen (secondary N) is 1. The van der Waals surface area contributed by atoms with E-state index in [1.54, 1.807) is 6.33 Å². The predicted molar refractivity (Wildman–Crippen MR) is 84.1 cm³/mol. The van der Waals surface area contributed by atoms with Crippen molar-refractivity contribution in [2.75, 3.05) is 37.8 Å². The molecule has 1 aromatic rings. The van der Waals surface area contributed by atoms with E-state index in [1.165, 1.54) is 5.56 Å². The first-order valence-corrected chi connectivity index (χ1v) is 8.12. The van der Waals surface area contributed by atoms with Crippen LogP contribution < -0.4 is 5.32 Å². The Morgan fingerprint density at radius 3 is 2.53 bits per heavy atom. The number of thioether (sulfide) groups is 1. The quantitative estimate of drug-likeness (QED) is 0.557. The summed E-state index contributed by atoms with van der Waals surface area (Å²) in [5.74, 6) is 2.06. The van der Waals surface area contributed by atoms with Crippen molar-refractivity contribution in [2.45, 2.75) is 38.6 Å². The zero-order chi connectivity index (χ0) is 14.1. The summed E-state index contributed by atoms with van der Waals surface area (Å²) in [5.41, 5.74) is 1.26. The van der Waals surface area contributed by atoms with Crippen LogP contribution in [0.4, 0.5) is 5.82 Å². The minimum atomic E-state index is 0.974. The summed E-state index contributed by atoms with van der Waals surface area (Å²) < 4.78 is 0. The van der Waals surface area contributed by atoms with Crippen molar-refractivity contribution in [3.05, 3.63) is 11.9 Å². The molecule has 0 saturated carbocycles. The molecule has 0 fully saturated rings. The van der Waals surface area contributed by atoms with E-state index in [4.69, 9.17) is 0 Å². The van der Waals surface area contributed by atoms with Gasteiger partial charge in [0.1, 0.15) is 17.2 Å². The van der Waals surface area contributed by atoms with Crippen LogP contribution in [0, 0.1) is 0 Å². The van der Waals surface area contributed by atoms with Gasteiger partial charge in [-0.1, -0.05) is 27.2 Å². The molecule has 1 N–H and O–H groups in total. The Bertz CT molecular complexity index is 366. The lowest BCUT2D eigenvalue weighted by atomic mass is 10.2. The van der Waals surface area contributed by atoms with Crippen LogP contribution in [0.3, 0.4) is 0 Å². The van der Waals surface area contributed by atoms with Crippen LogP contribution in [-0.2, 0) is 6.42 Å². The molecular weight excluding hydrogens is 256 g/mol. The van der Waals surface area contributed by atoms with Gasteiger partial charge in [0, 0.05) is 24.9 Å². The van der Waals surface area contributed by atoms with Crippen LogP contribution in [0.25, 0.3) is 0 Å². The van der Waals surface area contributed by atoms with Crippen molar-refractivity contribution < 1.29 is 0 Å². The van der Waals surface area contributed by atoms with E-state index < -0.39 is 0 Å². The molecule has 0 aliphatic heterocycles. The van der Waals surface area contributed by atoms with Crippen LogP contribution in [0.1, 0.15) is 32.8 Å². The minimum absolute atomic E-state index is 0.974. The Hall–Kier alpha value is -0.810. The molecule has 0 amide bonds. The number of hydrogen-bond acceptors (Lipinski definition) is 5. The fourth-order valence-electron chi connectivity index (χ4n) is 2.02. The van der Waals surface area contributed by atoms with Crippen molar-refractivity contribution >= 4 is 17.6 Å². The summed E-state index contributed by atoms with van der Waals surface area (Å²) in [6, 6.07) is 0. The first-order valence-electron chi connectivity index (χ1n) is 7.13. The number of anilines is 1. The van der Waals surface area contributed by atoms with Crippen molar-refractivity contribution in [3.63, 3.8) is 0 Å². The van der Waals surface area contributed by atoms with Gasteiger partial charge in [-0.3, -0.25) is 0 Å². The first-order chi connectivity index (χ1) is 9.26. The third-order valence-electron chi connectivity index (χ3n) is 3.18. The maximum atomic E-state index is 4.45. The van der Waals surface area contributed by atoms with Gasteiger partial charge in [-0.15, -0.1) is 11.8 Å². The zero-order valence-corrected chi connectivity index (χ0v) is 13.4. The maximum absolute atomic E-state index is 4.45. The standard InChI is InChI=1S/C14H26N4S/c1-5-8-12-13(15-4)16-11-17-14(12)19-10-9-18(6-2)7-3/h11H,5-10H2,1-4H3,(H,15,16,17). The van der Waals surface area contributed by atoms with Crippen LogP contribution in [0.15, 0.2) is 11.4 Å². The maximum Gasteiger partial charge on any atom is 0.133 e. The SMILES string of the molecule is CCCc1c(NC)ncnc1SCCN(CC)CC. The Balaban J connectivity index is 2.66. The smallest absolute Gasteiger partial charge is 0.133 e. The molecule has 5 heteroatoms. The highest BCUT2D eigenvalue weighted by molar-refractivity contribution is 7.99. The highest BCUT2D eigenvalue weighted by atomic mass is 32.2. The molecule has 0 atom stereocenters. The van der Waals surface area contributed by atoms with Gasteiger partial charge in [0.15, 0.2) is 0 Å². The van der Waals surface area contributed by atoms with Crippen LogP contribution in [0.5, 0.6) is 0 Å². The second-order valence-corrected chi connectivity index (χ2v) is 5.46. The largest absolute Gasteiger partial charge is 0.373 e. The molecule has 19 heavy (non-hydrogen) atoms. The predicted octanol–water partition coefficient (Wildman–Crippen LogP) is 2.90. The Labute approximate surface area is 121 Å². The third-order valence-corrected chi connectivity index (χ3v) is 4.20. The van der Waals surface area contributed by atoms with E-state index in [0.717, 1.165) is 49.1 Å². The van der Waals surface area contributed by atoms with Crippen LogP contribution in [0.2, 0.25) is 0 Å². The van der Waals surface area contributed by atoms with Crippen LogP contribution >= 0.6 is 11.8 Å². The topological polar surface area (TPSA) is 41.1 Å². The van der Waals surface area contributed by atoms with Gasteiger partial charge in [0.25, 0.3) is 0 Å². The molecule has 0 bridgehead atoms. The molecule has 0 radical (unpaired) electrons. The molecule has 1 aromatic heterocycles. The molecule has 0 spiro atoms. The zero-order valence-electron chi connectivity index (χ0n) is 12.6. The summed E-state index contributed by atoms with van der Waals surface area (Å²) in [5, 5.41) is 4.30. The summed E-state index contributed by atoms with van der Waals surface area (Å²) in [7, 11) is 1.92. The highest BCUT2D eigenvalue weighted by Crippen LogP contribution is 2.25. The Morgan fingerprint density at radius 1 is 1.21 bits per heavy atom. The lowest BCUT2D eigenvalue weighted by Crippen LogP contribution is -2.25. The number of hydrogen-bond donors (Lipinski definition) is 1. The third kappa shape index (κ3) is 4.99. The molecule has 0 unspecified atom stereocenters. The molecule has 4 nitrogen and oxygen atoms in total. The van der Waals surface area contributed by atoms with E-state index in [2.05, 4.69) is 41.0 Å². The van der Waals surface area contributed by atoms with E-state index in [-0.39, 0.29) is 0 Å².